The zero-order chi connectivity index (χ0) is 21.9. The van der Waals surface area contributed by atoms with Crippen molar-refractivity contribution in [2.45, 2.75) is 31.7 Å². The number of amides is 1. The summed E-state index contributed by atoms with van der Waals surface area (Å²) in [5.41, 5.74) is 1.24. The normalized spacial score (nSPS) is 12.7. The molecule has 0 saturated carbocycles. The van der Waals surface area contributed by atoms with E-state index in [1.807, 2.05) is 0 Å². The lowest BCUT2D eigenvalue weighted by molar-refractivity contribution is -0.118. The summed E-state index contributed by atoms with van der Waals surface area (Å²) in [6.45, 7) is 5.19. The third kappa shape index (κ3) is 4.89. The van der Waals surface area contributed by atoms with Crippen LogP contribution < -0.4 is 10.0 Å². The van der Waals surface area contributed by atoms with E-state index in [2.05, 4.69) is 25.2 Å². The summed E-state index contributed by atoms with van der Waals surface area (Å²) in [6.07, 6.45) is 0. The predicted octanol–water partition coefficient (Wildman–Crippen LogP) is 2.86. The van der Waals surface area contributed by atoms with Gasteiger partial charge in [0.15, 0.2) is 5.82 Å². The summed E-state index contributed by atoms with van der Waals surface area (Å²) >= 11 is 0. The molecule has 1 heterocycles. The molecule has 8 nitrogen and oxygen atoms in total. The van der Waals surface area contributed by atoms with E-state index in [0.717, 1.165) is 17.7 Å². The fourth-order valence-electron chi connectivity index (χ4n) is 2.78. The Morgan fingerprint density at radius 2 is 1.77 bits per heavy atom. The summed E-state index contributed by atoms with van der Waals surface area (Å²) in [5.74, 6) is -0.591. The van der Waals surface area contributed by atoms with E-state index in [1.54, 1.807) is 45.0 Å². The molecule has 10 heteroatoms. The van der Waals surface area contributed by atoms with E-state index in [4.69, 9.17) is 0 Å². The molecule has 1 amide bonds. The summed E-state index contributed by atoms with van der Waals surface area (Å²) in [6, 6.07) is 10.7. The molecule has 3 rings (SSSR count). The van der Waals surface area contributed by atoms with Crippen molar-refractivity contribution in [3.05, 3.63) is 60.2 Å². The molecule has 158 valence electrons. The standard InChI is InChI=1S/C20H22FN5O3S/c1-12(2)18(26-30(28,29)17-7-5-4-6-16(17)21)20(27)23-15-10-8-14(9-11-15)19-22-13(3)24-25-19/h4-12,18,26H,1-3H3,(H,23,27)(H,22,24,25)/t18-/m0/s1. The first-order valence-electron chi connectivity index (χ1n) is 9.24. The van der Waals surface area contributed by atoms with E-state index < -0.39 is 32.7 Å². The number of aromatic amines is 1. The zero-order valence-corrected chi connectivity index (χ0v) is 17.5. The highest BCUT2D eigenvalue weighted by Gasteiger charge is 2.29. The van der Waals surface area contributed by atoms with Gasteiger partial charge in [0.2, 0.25) is 15.9 Å². The molecule has 1 aromatic heterocycles. The molecule has 0 aliphatic rings. The van der Waals surface area contributed by atoms with Crippen molar-refractivity contribution in [3.63, 3.8) is 0 Å². The average Bonchev–Trinajstić information content (AvgIpc) is 3.13. The summed E-state index contributed by atoms with van der Waals surface area (Å²) in [5, 5.41) is 9.52. The maximum atomic E-state index is 13.9. The lowest BCUT2D eigenvalue weighted by Crippen LogP contribution is -2.47. The smallest absolute Gasteiger partial charge is 0.244 e. The van der Waals surface area contributed by atoms with Crippen LogP contribution in [-0.4, -0.2) is 35.5 Å². The Morgan fingerprint density at radius 3 is 2.33 bits per heavy atom. The van der Waals surface area contributed by atoms with Crippen molar-refractivity contribution in [1.29, 1.82) is 0 Å². The van der Waals surface area contributed by atoms with Crippen LogP contribution in [0.25, 0.3) is 11.4 Å². The summed E-state index contributed by atoms with van der Waals surface area (Å²) in [4.78, 5) is 16.5. The largest absolute Gasteiger partial charge is 0.325 e. The average molecular weight is 431 g/mol. The predicted molar refractivity (Wildman–Crippen MR) is 111 cm³/mol. The highest BCUT2D eigenvalue weighted by Crippen LogP contribution is 2.19. The fourth-order valence-corrected chi connectivity index (χ4v) is 4.20. The van der Waals surface area contributed by atoms with Gasteiger partial charge in [-0.2, -0.15) is 9.82 Å². The van der Waals surface area contributed by atoms with Crippen molar-refractivity contribution in [1.82, 2.24) is 19.9 Å². The molecular formula is C20H22FN5O3S. The highest BCUT2D eigenvalue weighted by atomic mass is 32.2. The number of benzene rings is 2. The number of hydrogen-bond donors (Lipinski definition) is 3. The monoisotopic (exact) mass is 431 g/mol. The van der Waals surface area contributed by atoms with Crippen LogP contribution in [0.3, 0.4) is 0 Å². The first-order chi connectivity index (χ1) is 14.2. The number of carbonyl (C=O) groups is 1. The van der Waals surface area contributed by atoms with Gasteiger partial charge in [-0.15, -0.1) is 0 Å². The lowest BCUT2D eigenvalue weighted by atomic mass is 10.0. The Bertz CT molecular complexity index is 1140. The molecule has 0 bridgehead atoms. The van der Waals surface area contributed by atoms with Gasteiger partial charge in [0.25, 0.3) is 0 Å². The molecule has 0 spiro atoms. The topological polar surface area (TPSA) is 117 Å². The number of H-pyrrole nitrogens is 1. The van der Waals surface area contributed by atoms with Crippen molar-refractivity contribution >= 4 is 21.6 Å². The van der Waals surface area contributed by atoms with E-state index >= 15 is 0 Å². The Hall–Kier alpha value is -3.11. The SMILES string of the molecule is Cc1nc(-c2ccc(NC(=O)[C@@H](NS(=O)(=O)c3ccccc3F)C(C)C)cc2)n[nH]1. The van der Waals surface area contributed by atoms with Crippen LogP contribution in [-0.2, 0) is 14.8 Å². The number of sulfonamides is 1. The zero-order valence-electron chi connectivity index (χ0n) is 16.7. The molecule has 1 atom stereocenters. The minimum Gasteiger partial charge on any atom is -0.325 e. The van der Waals surface area contributed by atoms with Gasteiger partial charge in [0.1, 0.15) is 22.6 Å². The van der Waals surface area contributed by atoms with Crippen molar-refractivity contribution in [3.8, 4) is 11.4 Å². The first kappa shape index (κ1) is 21.6. The quantitative estimate of drug-likeness (QED) is 0.532. The van der Waals surface area contributed by atoms with Crippen molar-refractivity contribution in [2.75, 3.05) is 5.32 Å². The molecule has 0 saturated heterocycles. The van der Waals surface area contributed by atoms with Gasteiger partial charge in [0, 0.05) is 11.3 Å². The van der Waals surface area contributed by atoms with Gasteiger partial charge in [-0.05, 0) is 49.2 Å². The minimum atomic E-state index is -4.22. The van der Waals surface area contributed by atoms with Crippen LogP contribution in [0.2, 0.25) is 0 Å². The molecule has 2 aromatic carbocycles. The Balaban J connectivity index is 1.75. The molecule has 0 aliphatic heterocycles. The second-order valence-corrected chi connectivity index (χ2v) is 8.77. The molecule has 30 heavy (non-hydrogen) atoms. The number of carbonyl (C=O) groups excluding carboxylic acids is 1. The van der Waals surface area contributed by atoms with Crippen molar-refractivity contribution < 1.29 is 17.6 Å². The number of rotatable bonds is 7. The van der Waals surface area contributed by atoms with Gasteiger partial charge < -0.3 is 5.32 Å². The second kappa shape index (κ2) is 8.72. The Labute approximate surface area is 174 Å². The third-order valence-electron chi connectivity index (χ3n) is 4.37. The van der Waals surface area contributed by atoms with E-state index in [0.29, 0.717) is 17.3 Å². The summed E-state index contributed by atoms with van der Waals surface area (Å²) in [7, 11) is -4.22. The van der Waals surface area contributed by atoms with Crippen LogP contribution in [0.1, 0.15) is 19.7 Å². The van der Waals surface area contributed by atoms with Crippen LogP contribution in [0, 0.1) is 18.7 Å². The molecule has 3 aromatic rings. The maximum Gasteiger partial charge on any atom is 0.244 e. The highest BCUT2D eigenvalue weighted by molar-refractivity contribution is 7.89. The van der Waals surface area contributed by atoms with Gasteiger partial charge in [-0.3, -0.25) is 9.89 Å². The summed E-state index contributed by atoms with van der Waals surface area (Å²) < 4.78 is 41.4. The Morgan fingerprint density at radius 1 is 1.10 bits per heavy atom. The number of aryl methyl sites for hydroxylation is 1. The van der Waals surface area contributed by atoms with E-state index in [-0.39, 0.29) is 5.92 Å². The molecule has 3 N–H and O–H groups in total. The lowest BCUT2D eigenvalue weighted by Gasteiger charge is -2.22. The molecule has 0 unspecified atom stereocenters. The number of anilines is 1. The first-order valence-corrected chi connectivity index (χ1v) is 10.7. The minimum absolute atomic E-state index is 0.373. The number of nitrogens with one attached hydrogen (secondary N) is 3. The molecule has 0 aliphatic carbocycles. The van der Waals surface area contributed by atoms with Crippen LogP contribution >= 0.6 is 0 Å². The van der Waals surface area contributed by atoms with Gasteiger partial charge >= 0.3 is 0 Å². The Kier molecular flexibility index (Phi) is 6.28. The molecule has 0 radical (unpaired) electrons. The van der Waals surface area contributed by atoms with Crippen LogP contribution in [0.15, 0.2) is 53.4 Å². The van der Waals surface area contributed by atoms with Gasteiger partial charge in [-0.25, -0.2) is 17.8 Å². The third-order valence-corrected chi connectivity index (χ3v) is 5.84. The van der Waals surface area contributed by atoms with E-state index in [1.165, 1.54) is 12.1 Å². The van der Waals surface area contributed by atoms with Crippen LogP contribution in [0.4, 0.5) is 10.1 Å². The molecular weight excluding hydrogens is 409 g/mol. The number of halogens is 1. The molecule has 0 fully saturated rings. The number of nitrogens with zero attached hydrogens (tertiary/aromatic N) is 2. The number of hydrogen-bond acceptors (Lipinski definition) is 5. The maximum absolute atomic E-state index is 13.9. The van der Waals surface area contributed by atoms with Gasteiger partial charge in [0.05, 0.1) is 0 Å². The van der Waals surface area contributed by atoms with Crippen molar-refractivity contribution in [2.24, 2.45) is 5.92 Å². The van der Waals surface area contributed by atoms with Gasteiger partial charge in [-0.1, -0.05) is 26.0 Å². The number of aromatic nitrogens is 3. The second-order valence-electron chi connectivity index (χ2n) is 7.08. The van der Waals surface area contributed by atoms with Crippen LogP contribution in [0.5, 0.6) is 0 Å². The fraction of sp³-hybridized carbons (Fsp3) is 0.250. The van der Waals surface area contributed by atoms with E-state index in [9.17, 15) is 17.6 Å².